The van der Waals surface area contributed by atoms with Crippen LogP contribution in [0.2, 0.25) is 0 Å². The molecule has 2 aliphatic heterocycles. The third kappa shape index (κ3) is 9.73. The molecule has 0 spiro atoms. The zero-order valence-corrected chi connectivity index (χ0v) is 33.3. The molecule has 64 heavy (non-hydrogen) atoms. The molecule has 2 aromatic carbocycles. The van der Waals surface area contributed by atoms with E-state index in [-0.39, 0.29) is 62.3 Å². The standard InChI is InChI=1S/2C19H17F4N7O2/c2*1-28-15-8-14(19(21,22)23)26-30(15)7-6-13(18(28)32)25-17(31)16-24-10-29(27-16)9-11-4-2-3-5-12(11)20/h2*2-5,8,10,13H,6-7,9H2,1H3,(H,25,31)/t2*13-/m10/s1. The highest BCUT2D eigenvalue weighted by Crippen LogP contribution is 2.33. The second-order valence-corrected chi connectivity index (χ2v) is 14.4. The van der Waals surface area contributed by atoms with Crippen LogP contribution in [0.5, 0.6) is 0 Å². The summed E-state index contributed by atoms with van der Waals surface area (Å²) in [7, 11) is 2.61. The van der Waals surface area contributed by atoms with Crippen LogP contribution >= 0.6 is 0 Å². The number of benzene rings is 2. The number of halogens is 8. The lowest BCUT2D eigenvalue weighted by atomic mass is 10.2. The Kier molecular flexibility index (Phi) is 12.3. The number of likely N-dealkylation sites (N-methyl/N-ethyl adjacent to an activating group) is 2. The Hall–Kier alpha value is -7.54. The highest BCUT2D eigenvalue weighted by Gasteiger charge is 2.40. The van der Waals surface area contributed by atoms with Gasteiger partial charge in [0, 0.05) is 50.4 Å². The lowest BCUT2D eigenvalue weighted by Crippen LogP contribution is -2.47. The van der Waals surface area contributed by atoms with Crippen LogP contribution in [-0.2, 0) is 48.1 Å². The summed E-state index contributed by atoms with van der Waals surface area (Å²) in [5.74, 6) is -4.01. The van der Waals surface area contributed by atoms with Crippen molar-refractivity contribution in [2.24, 2.45) is 0 Å². The number of nitrogens with one attached hydrogen (secondary N) is 2. The number of rotatable bonds is 8. The molecule has 8 rings (SSSR count). The van der Waals surface area contributed by atoms with E-state index in [1.807, 2.05) is 0 Å². The molecule has 2 atom stereocenters. The van der Waals surface area contributed by atoms with Crippen molar-refractivity contribution in [2.45, 2.75) is 63.5 Å². The predicted molar refractivity (Wildman–Crippen MR) is 204 cm³/mol. The first-order valence-corrected chi connectivity index (χ1v) is 19.0. The molecule has 336 valence electrons. The molecule has 4 amide bonds. The number of aromatic nitrogens is 10. The number of fused-ring (bicyclic) bond motifs is 2. The van der Waals surface area contributed by atoms with Crippen molar-refractivity contribution in [3.8, 4) is 0 Å². The molecule has 0 saturated carbocycles. The minimum absolute atomic E-state index is 0.0123. The highest BCUT2D eigenvalue weighted by atomic mass is 19.4. The smallest absolute Gasteiger partial charge is 0.337 e. The van der Waals surface area contributed by atoms with E-state index in [1.54, 1.807) is 36.4 Å². The average molecular weight is 903 g/mol. The van der Waals surface area contributed by atoms with Gasteiger partial charge in [-0.2, -0.15) is 36.5 Å². The Morgan fingerprint density at radius 2 is 1.00 bits per heavy atom. The van der Waals surface area contributed by atoms with Crippen molar-refractivity contribution in [3.05, 3.63) is 119 Å². The molecular formula is C38H34F8N14O4. The summed E-state index contributed by atoms with van der Waals surface area (Å²) < 4.78 is 110. The number of nitrogens with zero attached hydrogens (tertiary/aromatic N) is 12. The van der Waals surface area contributed by atoms with Gasteiger partial charge >= 0.3 is 12.4 Å². The van der Waals surface area contributed by atoms with Crippen molar-refractivity contribution in [1.29, 1.82) is 0 Å². The molecule has 6 heterocycles. The molecule has 0 radical (unpaired) electrons. The van der Waals surface area contributed by atoms with E-state index in [2.05, 4.69) is 41.0 Å². The molecule has 0 unspecified atom stereocenters. The Labute approximate surface area is 355 Å². The second kappa shape index (κ2) is 17.7. The number of anilines is 2. The number of hydrogen-bond donors (Lipinski definition) is 2. The molecule has 6 aromatic rings. The molecule has 0 fully saturated rings. The third-order valence-corrected chi connectivity index (χ3v) is 9.97. The summed E-state index contributed by atoms with van der Waals surface area (Å²) in [4.78, 5) is 60.3. The van der Waals surface area contributed by atoms with E-state index < -0.39 is 71.1 Å². The van der Waals surface area contributed by atoms with Crippen LogP contribution in [0.15, 0.2) is 73.3 Å². The Morgan fingerprint density at radius 1 is 0.625 bits per heavy atom. The first-order chi connectivity index (χ1) is 30.3. The number of aryl methyl sites for hydroxylation is 2. The Balaban J connectivity index is 0.000000191. The minimum atomic E-state index is -4.64. The maximum Gasteiger partial charge on any atom is 0.435 e. The van der Waals surface area contributed by atoms with Crippen LogP contribution in [0.3, 0.4) is 0 Å². The number of carbonyl (C=O) groups excluding carboxylic acids is 4. The molecule has 0 bridgehead atoms. The van der Waals surface area contributed by atoms with Gasteiger partial charge in [0.05, 0.1) is 13.1 Å². The number of amides is 4. The fourth-order valence-electron chi connectivity index (χ4n) is 6.67. The Bertz CT molecular complexity index is 2520. The van der Waals surface area contributed by atoms with E-state index >= 15 is 0 Å². The van der Waals surface area contributed by atoms with Gasteiger partial charge in [0.1, 0.15) is 48.0 Å². The second-order valence-electron chi connectivity index (χ2n) is 14.4. The highest BCUT2D eigenvalue weighted by molar-refractivity contribution is 6.01. The zero-order valence-electron chi connectivity index (χ0n) is 33.3. The molecule has 0 saturated heterocycles. The average Bonchev–Trinajstić information content (AvgIpc) is 4.07. The van der Waals surface area contributed by atoms with Crippen LogP contribution in [0.25, 0.3) is 0 Å². The normalized spacial score (nSPS) is 16.6. The first kappa shape index (κ1) is 44.5. The van der Waals surface area contributed by atoms with Crippen molar-refractivity contribution >= 4 is 35.3 Å². The summed E-state index contributed by atoms with van der Waals surface area (Å²) in [5, 5.41) is 20.1. The summed E-state index contributed by atoms with van der Waals surface area (Å²) in [6.07, 6.45) is -6.70. The number of carbonyl (C=O) groups is 4. The lowest BCUT2D eigenvalue weighted by Gasteiger charge is -2.19. The van der Waals surface area contributed by atoms with E-state index in [4.69, 9.17) is 0 Å². The van der Waals surface area contributed by atoms with Crippen molar-refractivity contribution in [2.75, 3.05) is 23.9 Å². The predicted octanol–water partition coefficient (Wildman–Crippen LogP) is 3.69. The molecule has 0 aliphatic carbocycles. The maximum atomic E-state index is 13.8. The van der Waals surface area contributed by atoms with E-state index in [0.29, 0.717) is 11.1 Å². The van der Waals surface area contributed by atoms with Gasteiger partial charge in [0.2, 0.25) is 11.6 Å². The molecular weight excluding hydrogens is 868 g/mol. The van der Waals surface area contributed by atoms with Crippen molar-refractivity contribution in [1.82, 2.24) is 59.7 Å². The van der Waals surface area contributed by atoms with Gasteiger partial charge in [0.25, 0.3) is 23.6 Å². The first-order valence-electron chi connectivity index (χ1n) is 19.0. The topological polar surface area (TPSA) is 196 Å². The van der Waals surface area contributed by atoms with Crippen LogP contribution in [0.4, 0.5) is 46.8 Å². The lowest BCUT2D eigenvalue weighted by molar-refractivity contribution is -0.142. The summed E-state index contributed by atoms with van der Waals surface area (Å²) in [6.45, 7) is 0.0879. The number of hydrogen-bond acceptors (Lipinski definition) is 10. The van der Waals surface area contributed by atoms with Gasteiger partial charge in [-0.3, -0.25) is 29.0 Å². The molecule has 18 nitrogen and oxygen atoms in total. The van der Waals surface area contributed by atoms with Gasteiger partial charge in [-0.1, -0.05) is 36.4 Å². The van der Waals surface area contributed by atoms with Gasteiger partial charge in [-0.15, -0.1) is 10.2 Å². The Morgan fingerprint density at radius 3 is 1.36 bits per heavy atom. The SMILES string of the molecule is CN1C(=O)[C@@H](NC(=O)c2ncn(Cc3ccccc3F)n2)CCn2nc(C(F)(F)F)cc21.CN1C(=O)[C@H](NC(=O)c2ncn(Cc3ccccc3F)n2)CCn2nc(C(F)(F)F)cc21. The van der Waals surface area contributed by atoms with E-state index in [0.717, 1.165) is 31.3 Å². The molecule has 2 N–H and O–H groups in total. The van der Waals surface area contributed by atoms with Crippen molar-refractivity contribution in [3.63, 3.8) is 0 Å². The van der Waals surface area contributed by atoms with E-state index in [9.17, 15) is 54.3 Å². The van der Waals surface area contributed by atoms with Crippen LogP contribution in [0.1, 0.15) is 56.6 Å². The monoisotopic (exact) mass is 902 g/mol. The van der Waals surface area contributed by atoms with E-state index in [1.165, 1.54) is 48.2 Å². The number of alkyl halides is 6. The van der Waals surface area contributed by atoms with Crippen LogP contribution in [-0.4, -0.2) is 98.9 Å². The van der Waals surface area contributed by atoms with Gasteiger partial charge < -0.3 is 10.6 Å². The molecule has 26 heteroatoms. The summed E-state index contributed by atoms with van der Waals surface area (Å²) in [6, 6.07) is 11.7. The zero-order chi connectivity index (χ0) is 46.1. The van der Waals surface area contributed by atoms with Gasteiger partial charge in [-0.25, -0.2) is 37.5 Å². The fourth-order valence-corrected chi connectivity index (χ4v) is 6.67. The van der Waals surface area contributed by atoms with Crippen LogP contribution in [0, 0.1) is 11.6 Å². The molecule has 4 aromatic heterocycles. The minimum Gasteiger partial charge on any atom is -0.337 e. The summed E-state index contributed by atoms with van der Waals surface area (Å²) in [5.41, 5.74) is -1.48. The van der Waals surface area contributed by atoms with Gasteiger partial charge in [0.15, 0.2) is 11.4 Å². The quantitative estimate of drug-likeness (QED) is 0.213. The third-order valence-electron chi connectivity index (χ3n) is 9.97. The largest absolute Gasteiger partial charge is 0.435 e. The maximum absolute atomic E-state index is 13.8. The van der Waals surface area contributed by atoms with Gasteiger partial charge in [-0.05, 0) is 25.0 Å². The molecule has 2 aliphatic rings. The summed E-state index contributed by atoms with van der Waals surface area (Å²) >= 11 is 0. The van der Waals surface area contributed by atoms with Crippen LogP contribution < -0.4 is 20.4 Å². The fraction of sp³-hybridized carbons (Fsp3) is 0.316. The van der Waals surface area contributed by atoms with Crippen molar-refractivity contribution < 1.29 is 54.3 Å².